The number of halogens is 1. The van der Waals surface area contributed by atoms with E-state index in [1.165, 1.54) is 11.1 Å². The third-order valence-electron chi connectivity index (χ3n) is 3.16. The Bertz CT molecular complexity index is 585. The van der Waals surface area contributed by atoms with E-state index in [4.69, 9.17) is 0 Å². The van der Waals surface area contributed by atoms with Crippen LogP contribution in [0, 0.1) is 20.8 Å². The van der Waals surface area contributed by atoms with Crippen LogP contribution < -0.4 is 5.32 Å². The van der Waals surface area contributed by atoms with Gasteiger partial charge in [-0.3, -0.25) is 0 Å². The minimum atomic E-state index is 0.389. The molecule has 0 aliphatic heterocycles. The summed E-state index contributed by atoms with van der Waals surface area (Å²) in [4.78, 5) is 0. The zero-order valence-corrected chi connectivity index (χ0v) is 13.0. The summed E-state index contributed by atoms with van der Waals surface area (Å²) in [6.45, 7) is 6.66. The Morgan fingerprint density at radius 1 is 1.05 bits per heavy atom. The largest absolute Gasteiger partial charge is 0.507 e. The molecule has 0 fully saturated rings. The summed E-state index contributed by atoms with van der Waals surface area (Å²) in [6.07, 6.45) is 0. The molecule has 100 valence electrons. The highest BCUT2D eigenvalue weighted by molar-refractivity contribution is 9.10. The topological polar surface area (TPSA) is 32.3 Å². The first-order valence-electron chi connectivity index (χ1n) is 6.26. The lowest BCUT2D eigenvalue weighted by Gasteiger charge is -2.11. The van der Waals surface area contributed by atoms with Gasteiger partial charge in [0.2, 0.25) is 0 Å². The summed E-state index contributed by atoms with van der Waals surface area (Å²) in [5.74, 6) is 0.389. The first-order chi connectivity index (χ1) is 8.97. The Labute approximate surface area is 122 Å². The van der Waals surface area contributed by atoms with Crippen LogP contribution in [0.25, 0.3) is 0 Å². The highest BCUT2D eigenvalue weighted by atomic mass is 79.9. The summed E-state index contributed by atoms with van der Waals surface area (Å²) >= 11 is 3.56. The molecule has 0 aliphatic rings. The van der Waals surface area contributed by atoms with Crippen LogP contribution in [0.1, 0.15) is 22.3 Å². The summed E-state index contributed by atoms with van der Waals surface area (Å²) in [5.41, 5.74) is 5.31. The summed E-state index contributed by atoms with van der Waals surface area (Å²) in [6, 6.07) is 10.3. The Hall–Kier alpha value is -1.48. The van der Waals surface area contributed by atoms with Crippen LogP contribution in [0.3, 0.4) is 0 Å². The number of anilines is 1. The second-order valence-corrected chi connectivity index (χ2v) is 5.77. The van der Waals surface area contributed by atoms with Crippen LogP contribution in [-0.4, -0.2) is 5.11 Å². The van der Waals surface area contributed by atoms with Gasteiger partial charge in [0.1, 0.15) is 5.75 Å². The Kier molecular flexibility index (Phi) is 4.15. The van der Waals surface area contributed by atoms with Gasteiger partial charge in [-0.2, -0.15) is 0 Å². The monoisotopic (exact) mass is 319 g/mol. The van der Waals surface area contributed by atoms with E-state index >= 15 is 0 Å². The number of hydrogen-bond acceptors (Lipinski definition) is 2. The molecule has 2 nitrogen and oxygen atoms in total. The van der Waals surface area contributed by atoms with E-state index < -0.39 is 0 Å². The maximum absolute atomic E-state index is 9.76. The Balaban J connectivity index is 2.14. The van der Waals surface area contributed by atoms with Gasteiger partial charge < -0.3 is 10.4 Å². The molecule has 0 heterocycles. The molecule has 0 unspecified atom stereocenters. The summed E-state index contributed by atoms with van der Waals surface area (Å²) in [7, 11) is 0. The second kappa shape index (κ2) is 5.66. The Morgan fingerprint density at radius 3 is 2.26 bits per heavy atom. The number of phenols is 1. The maximum Gasteiger partial charge on any atom is 0.121 e. The summed E-state index contributed by atoms with van der Waals surface area (Å²) in [5, 5.41) is 13.2. The van der Waals surface area contributed by atoms with Gasteiger partial charge in [0.15, 0.2) is 0 Å². The molecule has 3 heteroatoms. The van der Waals surface area contributed by atoms with Gasteiger partial charge in [0.25, 0.3) is 0 Å². The lowest BCUT2D eigenvalue weighted by Crippen LogP contribution is -2.01. The molecule has 0 aliphatic carbocycles. The zero-order valence-electron chi connectivity index (χ0n) is 11.4. The lowest BCUT2D eigenvalue weighted by atomic mass is 10.1. The number of phenolic OH excluding ortho intramolecular Hbond substituents is 1. The fraction of sp³-hybridized carbons (Fsp3) is 0.250. The fourth-order valence-electron chi connectivity index (χ4n) is 2.11. The van der Waals surface area contributed by atoms with E-state index in [0.717, 1.165) is 27.8 Å². The van der Waals surface area contributed by atoms with Crippen LogP contribution >= 0.6 is 15.9 Å². The van der Waals surface area contributed by atoms with Gasteiger partial charge in [0.05, 0.1) is 0 Å². The van der Waals surface area contributed by atoms with Crippen molar-refractivity contribution in [3.63, 3.8) is 0 Å². The molecule has 0 radical (unpaired) electrons. The van der Waals surface area contributed by atoms with Gasteiger partial charge in [-0.1, -0.05) is 18.2 Å². The van der Waals surface area contributed by atoms with Gasteiger partial charge in [0, 0.05) is 16.7 Å². The first kappa shape index (κ1) is 13.9. The quantitative estimate of drug-likeness (QED) is 0.860. The normalized spacial score (nSPS) is 10.5. The van der Waals surface area contributed by atoms with Crippen molar-refractivity contribution >= 4 is 21.6 Å². The van der Waals surface area contributed by atoms with Crippen molar-refractivity contribution in [2.75, 3.05) is 5.32 Å². The molecule has 0 atom stereocenters. The van der Waals surface area contributed by atoms with Crippen LogP contribution in [0.5, 0.6) is 5.75 Å². The summed E-state index contributed by atoms with van der Waals surface area (Å²) < 4.78 is 1.07. The average Bonchev–Trinajstić information content (AvgIpc) is 2.34. The predicted molar refractivity (Wildman–Crippen MR) is 83.8 cm³/mol. The van der Waals surface area contributed by atoms with E-state index in [1.54, 1.807) is 0 Å². The van der Waals surface area contributed by atoms with Crippen LogP contribution in [0.15, 0.2) is 34.8 Å². The molecule has 0 aromatic heterocycles. The van der Waals surface area contributed by atoms with E-state index in [9.17, 15) is 5.11 Å². The van der Waals surface area contributed by atoms with E-state index in [0.29, 0.717) is 5.75 Å². The smallest absolute Gasteiger partial charge is 0.121 e. The highest BCUT2D eigenvalue weighted by Crippen LogP contribution is 2.26. The third kappa shape index (κ3) is 3.29. The van der Waals surface area contributed by atoms with Crippen LogP contribution in [0.4, 0.5) is 5.69 Å². The molecule has 2 N–H and O–H groups in total. The van der Waals surface area contributed by atoms with E-state index in [-0.39, 0.29) is 0 Å². The van der Waals surface area contributed by atoms with Gasteiger partial charge in [-0.25, -0.2) is 0 Å². The number of hydrogen-bond donors (Lipinski definition) is 2. The molecule has 0 spiro atoms. The minimum Gasteiger partial charge on any atom is -0.507 e. The molecule has 2 rings (SSSR count). The molecular weight excluding hydrogens is 302 g/mol. The SMILES string of the molecule is Cc1ccc(NCc2cc(C)c(O)c(C)c2)c(Br)c1. The predicted octanol–water partition coefficient (Wildman–Crippen LogP) is 4.69. The lowest BCUT2D eigenvalue weighted by molar-refractivity contribution is 0.466. The van der Waals surface area contributed by atoms with Crippen molar-refractivity contribution in [1.82, 2.24) is 0 Å². The number of rotatable bonds is 3. The second-order valence-electron chi connectivity index (χ2n) is 4.92. The molecular formula is C16H18BrNO. The minimum absolute atomic E-state index is 0.389. The van der Waals surface area contributed by atoms with Crippen molar-refractivity contribution < 1.29 is 5.11 Å². The number of nitrogens with one attached hydrogen (secondary N) is 1. The number of benzene rings is 2. The number of aromatic hydroxyl groups is 1. The van der Waals surface area contributed by atoms with Gasteiger partial charge in [-0.15, -0.1) is 0 Å². The van der Waals surface area contributed by atoms with Crippen molar-refractivity contribution in [1.29, 1.82) is 0 Å². The molecule has 2 aromatic carbocycles. The van der Waals surface area contributed by atoms with E-state index in [2.05, 4.69) is 46.4 Å². The molecule has 0 bridgehead atoms. The van der Waals surface area contributed by atoms with Crippen molar-refractivity contribution in [2.45, 2.75) is 27.3 Å². The number of aryl methyl sites for hydroxylation is 3. The first-order valence-corrected chi connectivity index (χ1v) is 7.06. The molecule has 0 saturated carbocycles. The maximum atomic E-state index is 9.76. The molecule has 0 saturated heterocycles. The van der Waals surface area contributed by atoms with Gasteiger partial charge >= 0.3 is 0 Å². The van der Waals surface area contributed by atoms with Crippen LogP contribution in [0.2, 0.25) is 0 Å². The van der Waals surface area contributed by atoms with Crippen molar-refractivity contribution in [3.05, 3.63) is 57.1 Å². The third-order valence-corrected chi connectivity index (χ3v) is 3.81. The van der Waals surface area contributed by atoms with Crippen molar-refractivity contribution in [2.24, 2.45) is 0 Å². The molecule has 0 amide bonds. The molecule has 19 heavy (non-hydrogen) atoms. The molecule has 2 aromatic rings. The average molecular weight is 320 g/mol. The zero-order chi connectivity index (χ0) is 14.0. The Morgan fingerprint density at radius 2 is 1.68 bits per heavy atom. The van der Waals surface area contributed by atoms with E-state index in [1.807, 2.05) is 26.0 Å². The van der Waals surface area contributed by atoms with Gasteiger partial charge in [-0.05, 0) is 71.1 Å². The fourth-order valence-corrected chi connectivity index (χ4v) is 2.74. The standard InChI is InChI=1S/C16H18BrNO/c1-10-4-5-15(14(17)6-10)18-9-13-7-11(2)16(19)12(3)8-13/h4-8,18-19H,9H2,1-3H3. The van der Waals surface area contributed by atoms with Crippen LogP contribution in [-0.2, 0) is 6.54 Å². The highest BCUT2D eigenvalue weighted by Gasteiger charge is 2.04. The van der Waals surface area contributed by atoms with Crippen molar-refractivity contribution in [3.8, 4) is 5.75 Å².